The Balaban J connectivity index is 1.45. The lowest BCUT2D eigenvalue weighted by molar-refractivity contribution is -0.152. The van der Waals surface area contributed by atoms with Crippen molar-refractivity contribution in [2.24, 2.45) is 0 Å². The number of nitrogens with zero attached hydrogens (tertiary/aromatic N) is 2. The molecular formula is C23H26ClN3O7S. The fourth-order valence-corrected chi connectivity index (χ4v) is 5.97. The van der Waals surface area contributed by atoms with Gasteiger partial charge in [0.15, 0.2) is 0 Å². The number of ether oxygens (including phenoxy) is 1. The Morgan fingerprint density at radius 2 is 1.91 bits per heavy atom. The lowest BCUT2D eigenvalue weighted by atomic mass is 10.1. The summed E-state index contributed by atoms with van der Waals surface area (Å²) in [6.45, 7) is -0.0866. The number of benzene rings is 2. The van der Waals surface area contributed by atoms with Crippen LogP contribution in [0, 0.1) is 0 Å². The van der Waals surface area contributed by atoms with Crippen LogP contribution in [-0.4, -0.2) is 86.0 Å². The predicted molar refractivity (Wildman–Crippen MR) is 127 cm³/mol. The van der Waals surface area contributed by atoms with Gasteiger partial charge in [-0.2, -0.15) is 4.72 Å². The number of halogens is 1. The molecule has 0 aromatic heterocycles. The van der Waals surface area contributed by atoms with Crippen LogP contribution < -0.4 is 4.72 Å². The van der Waals surface area contributed by atoms with Crippen LogP contribution in [0.1, 0.15) is 19.3 Å². The summed E-state index contributed by atoms with van der Waals surface area (Å²) in [6.07, 6.45) is -0.0187. The summed E-state index contributed by atoms with van der Waals surface area (Å²) in [6, 6.07) is 7.76. The third-order valence-electron chi connectivity index (χ3n) is 6.31. The number of esters is 1. The van der Waals surface area contributed by atoms with Crippen LogP contribution in [0.15, 0.2) is 41.3 Å². The number of β-amino-alcohol motifs (C(OH)–C–C–N with tert-alkyl or cyclic N) is 1. The molecule has 2 aliphatic heterocycles. The minimum atomic E-state index is -4.01. The van der Waals surface area contributed by atoms with Gasteiger partial charge < -0.3 is 19.6 Å². The quantitative estimate of drug-likeness (QED) is 0.537. The van der Waals surface area contributed by atoms with E-state index in [4.69, 9.17) is 16.3 Å². The van der Waals surface area contributed by atoms with Gasteiger partial charge in [0.2, 0.25) is 21.8 Å². The number of rotatable bonds is 6. The zero-order valence-electron chi connectivity index (χ0n) is 19.0. The van der Waals surface area contributed by atoms with Crippen LogP contribution in [-0.2, 0) is 29.1 Å². The van der Waals surface area contributed by atoms with Gasteiger partial charge in [0.05, 0.1) is 24.7 Å². The van der Waals surface area contributed by atoms with Crippen molar-refractivity contribution in [1.82, 2.24) is 14.5 Å². The molecule has 0 spiro atoms. The molecule has 3 atom stereocenters. The number of fused-ring (bicyclic) bond motifs is 1. The predicted octanol–water partition coefficient (Wildman–Crippen LogP) is 0.897. The Kier molecular flexibility index (Phi) is 7.32. The monoisotopic (exact) mass is 523 g/mol. The summed E-state index contributed by atoms with van der Waals surface area (Å²) in [7, 11) is -2.81. The second-order valence-electron chi connectivity index (χ2n) is 8.70. The lowest BCUT2D eigenvalue weighted by Crippen LogP contribution is -2.55. The molecule has 2 aromatic carbocycles. The van der Waals surface area contributed by atoms with Crippen molar-refractivity contribution in [2.75, 3.05) is 26.7 Å². The van der Waals surface area contributed by atoms with Crippen LogP contribution >= 0.6 is 11.6 Å². The number of amides is 2. The molecule has 2 N–H and O–H groups in total. The van der Waals surface area contributed by atoms with Crippen molar-refractivity contribution in [2.45, 2.75) is 42.3 Å². The topological polar surface area (TPSA) is 133 Å². The SMILES string of the molecule is COC(=O)C1CC(O)CN1C(=O)CN1CCCC(NS(=O)(=O)c2ccc3cc(Cl)ccc3c2)C1=O. The van der Waals surface area contributed by atoms with Crippen molar-refractivity contribution < 1.29 is 32.6 Å². The number of methoxy groups -OCH3 is 1. The fraction of sp³-hybridized carbons (Fsp3) is 0.435. The van der Waals surface area contributed by atoms with Gasteiger partial charge in [-0.05, 0) is 47.9 Å². The number of hydrogen-bond donors (Lipinski definition) is 2. The van der Waals surface area contributed by atoms with Crippen LogP contribution in [0.3, 0.4) is 0 Å². The first-order chi connectivity index (χ1) is 16.6. The summed E-state index contributed by atoms with van der Waals surface area (Å²) in [4.78, 5) is 40.4. The van der Waals surface area contributed by atoms with E-state index in [2.05, 4.69) is 4.72 Å². The molecule has 3 unspecified atom stereocenters. The van der Waals surface area contributed by atoms with E-state index in [0.717, 1.165) is 5.39 Å². The summed E-state index contributed by atoms with van der Waals surface area (Å²) in [5, 5.41) is 11.9. The Hall–Kier alpha value is -2.73. The molecule has 10 nitrogen and oxygen atoms in total. The van der Waals surface area contributed by atoms with Gasteiger partial charge in [0, 0.05) is 24.5 Å². The molecule has 0 bridgehead atoms. The van der Waals surface area contributed by atoms with E-state index in [1.807, 2.05) is 0 Å². The number of piperidine rings is 1. The first kappa shape index (κ1) is 25.4. The maximum absolute atomic E-state index is 13.0. The minimum absolute atomic E-state index is 0.0142. The van der Waals surface area contributed by atoms with Gasteiger partial charge in [-0.25, -0.2) is 13.2 Å². The molecule has 2 fully saturated rings. The maximum atomic E-state index is 13.0. The molecule has 2 aliphatic rings. The zero-order chi connectivity index (χ0) is 25.3. The number of aliphatic hydroxyl groups excluding tert-OH is 1. The molecule has 2 saturated heterocycles. The molecular weight excluding hydrogens is 498 g/mol. The number of nitrogens with one attached hydrogen (secondary N) is 1. The number of hydrogen-bond acceptors (Lipinski definition) is 7. The van der Waals surface area contributed by atoms with Gasteiger partial charge in [0.1, 0.15) is 12.1 Å². The average molecular weight is 524 g/mol. The van der Waals surface area contributed by atoms with E-state index in [1.54, 1.807) is 24.3 Å². The molecule has 0 saturated carbocycles. The van der Waals surface area contributed by atoms with Crippen LogP contribution in [0.2, 0.25) is 5.02 Å². The Morgan fingerprint density at radius 3 is 2.66 bits per heavy atom. The minimum Gasteiger partial charge on any atom is -0.467 e. The van der Waals surface area contributed by atoms with E-state index in [9.17, 15) is 27.9 Å². The summed E-state index contributed by atoms with van der Waals surface area (Å²) in [5.74, 6) is -1.67. The van der Waals surface area contributed by atoms with Crippen molar-refractivity contribution in [1.29, 1.82) is 0 Å². The molecule has 2 amide bonds. The van der Waals surface area contributed by atoms with E-state index in [-0.39, 0.29) is 31.0 Å². The van der Waals surface area contributed by atoms with Gasteiger partial charge in [-0.1, -0.05) is 23.7 Å². The normalized spacial score (nSPS) is 23.1. The van der Waals surface area contributed by atoms with Crippen LogP contribution in [0.4, 0.5) is 0 Å². The lowest BCUT2D eigenvalue weighted by Gasteiger charge is -2.33. The number of carbonyl (C=O) groups is 3. The Bertz CT molecular complexity index is 1270. The van der Waals surface area contributed by atoms with Crippen molar-refractivity contribution in [3.63, 3.8) is 0 Å². The number of carbonyl (C=O) groups excluding carboxylic acids is 3. The number of sulfonamides is 1. The molecule has 188 valence electrons. The van der Waals surface area contributed by atoms with E-state index in [1.165, 1.54) is 29.0 Å². The highest BCUT2D eigenvalue weighted by molar-refractivity contribution is 7.89. The highest BCUT2D eigenvalue weighted by atomic mass is 35.5. The zero-order valence-corrected chi connectivity index (χ0v) is 20.6. The van der Waals surface area contributed by atoms with E-state index in [0.29, 0.717) is 23.3 Å². The molecule has 0 radical (unpaired) electrons. The molecule has 35 heavy (non-hydrogen) atoms. The summed E-state index contributed by atoms with van der Waals surface area (Å²) < 4.78 is 33.2. The van der Waals surface area contributed by atoms with Crippen molar-refractivity contribution in [3.8, 4) is 0 Å². The summed E-state index contributed by atoms with van der Waals surface area (Å²) >= 11 is 5.99. The van der Waals surface area contributed by atoms with Gasteiger partial charge >= 0.3 is 5.97 Å². The Labute approximate surface area is 207 Å². The third-order valence-corrected chi connectivity index (χ3v) is 8.02. The maximum Gasteiger partial charge on any atom is 0.328 e. The third kappa shape index (κ3) is 5.43. The second-order valence-corrected chi connectivity index (χ2v) is 10.9. The van der Waals surface area contributed by atoms with E-state index >= 15 is 0 Å². The highest BCUT2D eigenvalue weighted by Crippen LogP contribution is 2.24. The van der Waals surface area contributed by atoms with E-state index < -0.39 is 46.0 Å². The van der Waals surface area contributed by atoms with Crippen molar-refractivity contribution in [3.05, 3.63) is 41.4 Å². The van der Waals surface area contributed by atoms with Gasteiger partial charge in [0.25, 0.3) is 0 Å². The molecule has 4 rings (SSSR count). The van der Waals surface area contributed by atoms with Crippen molar-refractivity contribution >= 4 is 50.2 Å². The molecule has 2 aromatic rings. The molecule has 12 heteroatoms. The average Bonchev–Trinajstić information content (AvgIpc) is 3.22. The first-order valence-electron chi connectivity index (χ1n) is 11.1. The van der Waals surface area contributed by atoms with Crippen LogP contribution in [0.25, 0.3) is 10.8 Å². The largest absolute Gasteiger partial charge is 0.467 e. The summed E-state index contributed by atoms with van der Waals surface area (Å²) in [5.41, 5.74) is 0. The van der Waals surface area contributed by atoms with Gasteiger partial charge in [-0.3, -0.25) is 9.59 Å². The standard InChI is InChI=1S/C23H26ClN3O7S/c1-34-23(31)20-11-17(28)12-27(20)21(29)13-26-8-2-3-19(22(26)30)25-35(32,33)18-7-5-14-9-16(24)6-4-15(14)10-18/h4-7,9-10,17,19-20,25,28H,2-3,8,11-13H2,1H3. The number of aliphatic hydroxyl groups is 1. The van der Waals surface area contributed by atoms with Gasteiger partial charge in [-0.15, -0.1) is 0 Å². The fourth-order valence-electron chi connectivity index (χ4n) is 4.53. The number of likely N-dealkylation sites (tertiary alicyclic amines) is 2. The molecule has 0 aliphatic carbocycles. The Morgan fingerprint density at radius 1 is 1.20 bits per heavy atom. The van der Waals surface area contributed by atoms with Crippen LogP contribution in [0.5, 0.6) is 0 Å². The first-order valence-corrected chi connectivity index (χ1v) is 13.0. The molecule has 2 heterocycles. The second kappa shape index (κ2) is 10.1. The highest BCUT2D eigenvalue weighted by Gasteiger charge is 2.41. The smallest absolute Gasteiger partial charge is 0.328 e.